The van der Waals surface area contributed by atoms with Crippen LogP contribution < -0.4 is 10.6 Å². The molecule has 1 aliphatic heterocycles. The predicted molar refractivity (Wildman–Crippen MR) is 125 cm³/mol. The van der Waals surface area contributed by atoms with E-state index in [1.54, 1.807) is 0 Å². The number of pyridine rings is 1. The summed E-state index contributed by atoms with van der Waals surface area (Å²) >= 11 is 0. The van der Waals surface area contributed by atoms with Gasteiger partial charge in [-0.1, -0.05) is 31.8 Å². The van der Waals surface area contributed by atoms with Crippen LogP contribution in [0.2, 0.25) is 25.7 Å². The third-order valence-electron chi connectivity index (χ3n) is 6.49. The van der Waals surface area contributed by atoms with E-state index in [0.29, 0.717) is 18.7 Å². The number of hydrogen-bond donors (Lipinski definition) is 1. The molecule has 0 radical (unpaired) electrons. The van der Waals surface area contributed by atoms with Crippen molar-refractivity contribution >= 4 is 30.9 Å². The summed E-state index contributed by atoms with van der Waals surface area (Å²) in [4.78, 5) is 7.40. The molecule has 2 aromatic rings. The van der Waals surface area contributed by atoms with Gasteiger partial charge in [-0.2, -0.15) is 0 Å². The third-order valence-corrected chi connectivity index (χ3v) is 8.20. The largest absolute Gasteiger partial charge is 0.364 e. The predicted octanol–water partition coefficient (Wildman–Crippen LogP) is 4.70. The second-order valence-electron chi connectivity index (χ2n) is 9.90. The summed E-state index contributed by atoms with van der Waals surface area (Å²) in [5.74, 6) is 0.706. The highest BCUT2D eigenvalue weighted by molar-refractivity contribution is 6.76. The van der Waals surface area contributed by atoms with E-state index in [2.05, 4.69) is 53.5 Å². The van der Waals surface area contributed by atoms with E-state index in [4.69, 9.17) is 15.5 Å². The highest BCUT2D eigenvalue weighted by Gasteiger charge is 2.29. The van der Waals surface area contributed by atoms with Crippen molar-refractivity contribution in [2.45, 2.75) is 64.1 Å². The first-order valence-electron chi connectivity index (χ1n) is 11.1. The summed E-state index contributed by atoms with van der Waals surface area (Å²) in [6.07, 6.45) is 13.6. The van der Waals surface area contributed by atoms with Crippen LogP contribution in [0.4, 0.5) is 5.69 Å². The molecule has 29 heavy (non-hydrogen) atoms. The van der Waals surface area contributed by atoms with Crippen molar-refractivity contribution in [3.63, 3.8) is 0 Å². The lowest BCUT2D eigenvalue weighted by atomic mass is 9.84. The maximum Gasteiger partial charge on any atom is 0.143 e. The van der Waals surface area contributed by atoms with Crippen LogP contribution in [0.25, 0.3) is 17.1 Å². The Morgan fingerprint density at radius 1 is 1.21 bits per heavy atom. The van der Waals surface area contributed by atoms with Crippen LogP contribution in [-0.2, 0) is 11.5 Å². The SMILES string of the molecule is C[Si](C)(C)CCOCn1ccc2c3c(cnc21)C=CCN3C1CCC(CN)CC1. The van der Waals surface area contributed by atoms with Crippen LogP contribution in [0.15, 0.2) is 24.5 Å². The molecule has 0 amide bonds. The van der Waals surface area contributed by atoms with Gasteiger partial charge in [0.1, 0.15) is 12.4 Å². The van der Waals surface area contributed by atoms with Crippen molar-refractivity contribution in [2.24, 2.45) is 11.7 Å². The molecule has 0 saturated heterocycles. The fourth-order valence-electron chi connectivity index (χ4n) is 4.64. The van der Waals surface area contributed by atoms with Crippen molar-refractivity contribution < 1.29 is 4.74 Å². The van der Waals surface area contributed by atoms with Gasteiger partial charge in [0.05, 0.1) is 5.69 Å². The van der Waals surface area contributed by atoms with E-state index in [0.717, 1.165) is 25.3 Å². The molecule has 0 aromatic carbocycles. The molecule has 0 spiro atoms. The van der Waals surface area contributed by atoms with E-state index in [-0.39, 0.29) is 0 Å². The van der Waals surface area contributed by atoms with Crippen LogP contribution in [-0.4, -0.2) is 43.4 Å². The minimum Gasteiger partial charge on any atom is -0.364 e. The summed E-state index contributed by atoms with van der Waals surface area (Å²) < 4.78 is 8.15. The molecule has 0 bridgehead atoms. The van der Waals surface area contributed by atoms with Crippen LogP contribution in [0.5, 0.6) is 0 Å². The Labute approximate surface area is 175 Å². The summed E-state index contributed by atoms with van der Waals surface area (Å²) in [6, 6.07) is 4.02. The van der Waals surface area contributed by atoms with Gasteiger partial charge in [-0.25, -0.2) is 4.98 Å². The molecule has 1 aliphatic carbocycles. The normalized spacial score (nSPS) is 22.3. The van der Waals surface area contributed by atoms with Gasteiger partial charge in [0.25, 0.3) is 0 Å². The van der Waals surface area contributed by atoms with Crippen molar-refractivity contribution in [2.75, 3.05) is 24.6 Å². The lowest BCUT2D eigenvalue weighted by Gasteiger charge is -2.40. The Morgan fingerprint density at radius 2 is 2.00 bits per heavy atom. The first-order valence-corrected chi connectivity index (χ1v) is 14.9. The maximum absolute atomic E-state index is 5.99. The molecular weight excluding hydrogens is 376 g/mol. The van der Waals surface area contributed by atoms with Crippen LogP contribution in [0, 0.1) is 5.92 Å². The number of ether oxygens (including phenoxy) is 1. The highest BCUT2D eigenvalue weighted by Crippen LogP contribution is 2.38. The van der Waals surface area contributed by atoms with E-state index in [1.165, 1.54) is 48.4 Å². The Bertz CT molecular complexity index is 862. The fraction of sp³-hybridized carbons (Fsp3) is 0.609. The van der Waals surface area contributed by atoms with Gasteiger partial charge in [-0.15, -0.1) is 0 Å². The lowest BCUT2D eigenvalue weighted by molar-refractivity contribution is 0.0899. The zero-order valence-corrected chi connectivity index (χ0v) is 19.2. The highest BCUT2D eigenvalue weighted by atomic mass is 28.3. The second-order valence-corrected chi connectivity index (χ2v) is 15.5. The summed E-state index contributed by atoms with van der Waals surface area (Å²) in [5, 5.41) is 1.25. The van der Waals surface area contributed by atoms with E-state index in [9.17, 15) is 0 Å². The number of aromatic nitrogens is 2. The Hall–Kier alpha value is -1.63. The lowest BCUT2D eigenvalue weighted by Crippen LogP contribution is -2.40. The minimum absolute atomic E-state index is 0.581. The summed E-state index contributed by atoms with van der Waals surface area (Å²) in [5.41, 5.74) is 9.54. The van der Waals surface area contributed by atoms with Gasteiger partial charge in [-0.3, -0.25) is 0 Å². The maximum atomic E-state index is 5.99. The van der Waals surface area contributed by atoms with Crippen molar-refractivity contribution in [3.05, 3.63) is 30.1 Å². The van der Waals surface area contributed by atoms with E-state index in [1.807, 2.05) is 6.20 Å². The number of rotatable bonds is 7. The number of fused-ring (bicyclic) bond motifs is 3. The second kappa shape index (κ2) is 8.62. The van der Waals surface area contributed by atoms with Crippen molar-refractivity contribution in [3.8, 4) is 0 Å². The van der Waals surface area contributed by atoms with Gasteiger partial charge >= 0.3 is 0 Å². The zero-order chi connectivity index (χ0) is 20.4. The van der Waals surface area contributed by atoms with E-state index >= 15 is 0 Å². The van der Waals surface area contributed by atoms with Gasteiger partial charge < -0.3 is 19.9 Å². The van der Waals surface area contributed by atoms with Gasteiger partial charge in [-0.05, 0) is 50.3 Å². The standard InChI is InChI=1S/C23H36N4OSi/c1-29(2,3)14-13-28-17-26-12-10-21-22-19(16-25-23(21)26)5-4-11-27(22)20-8-6-18(15-24)7-9-20/h4-5,10,12,16,18,20H,6-9,11,13-15,17,24H2,1-3H3. The molecule has 0 atom stereocenters. The molecule has 5 nitrogen and oxygen atoms in total. The smallest absolute Gasteiger partial charge is 0.143 e. The Kier molecular flexibility index (Phi) is 6.13. The minimum atomic E-state index is -1.06. The van der Waals surface area contributed by atoms with Gasteiger partial charge in [0.15, 0.2) is 0 Å². The summed E-state index contributed by atoms with van der Waals surface area (Å²) in [6.45, 7) is 10.4. The molecule has 2 N–H and O–H groups in total. The molecule has 2 aliphatic rings. The fourth-order valence-corrected chi connectivity index (χ4v) is 5.39. The van der Waals surface area contributed by atoms with Crippen LogP contribution >= 0.6 is 0 Å². The molecule has 158 valence electrons. The molecule has 1 fully saturated rings. The van der Waals surface area contributed by atoms with Crippen LogP contribution in [0.1, 0.15) is 31.2 Å². The molecule has 6 heteroatoms. The van der Waals surface area contributed by atoms with Gasteiger partial charge in [0, 0.05) is 50.6 Å². The van der Waals surface area contributed by atoms with Gasteiger partial charge in [0.2, 0.25) is 0 Å². The third kappa shape index (κ3) is 4.60. The molecule has 0 unspecified atom stereocenters. The molecule has 1 saturated carbocycles. The first-order chi connectivity index (χ1) is 14.0. The van der Waals surface area contributed by atoms with Crippen molar-refractivity contribution in [1.82, 2.24) is 9.55 Å². The monoisotopic (exact) mass is 412 g/mol. The van der Waals surface area contributed by atoms with Crippen molar-refractivity contribution in [1.29, 1.82) is 0 Å². The topological polar surface area (TPSA) is 56.3 Å². The average Bonchev–Trinajstić information content (AvgIpc) is 3.13. The Balaban J connectivity index is 1.54. The number of nitrogens with two attached hydrogens (primary N) is 1. The average molecular weight is 413 g/mol. The molecular formula is C23H36N4OSi. The quantitative estimate of drug-likeness (QED) is 0.529. The number of hydrogen-bond acceptors (Lipinski definition) is 4. The van der Waals surface area contributed by atoms with Crippen LogP contribution in [0.3, 0.4) is 0 Å². The Morgan fingerprint density at radius 3 is 2.72 bits per heavy atom. The number of nitrogens with zero attached hydrogens (tertiary/aromatic N) is 3. The molecule has 3 heterocycles. The molecule has 4 rings (SSSR count). The molecule has 2 aromatic heterocycles. The number of anilines is 1. The first kappa shape index (κ1) is 20.6. The van der Waals surface area contributed by atoms with E-state index < -0.39 is 8.07 Å². The zero-order valence-electron chi connectivity index (χ0n) is 18.2. The summed E-state index contributed by atoms with van der Waals surface area (Å²) in [7, 11) is -1.06.